The number of aliphatic hydroxyl groups is 1. The molecule has 34 nitrogen and oxygen atoms in total. The Morgan fingerprint density at radius 3 is 0.662 bits per heavy atom. The van der Waals surface area contributed by atoms with Crippen LogP contribution in [0.3, 0.4) is 0 Å². The largest absolute Gasteiger partial charge is 0.459 e. The lowest BCUT2D eigenvalue weighted by Crippen LogP contribution is -2.69. The maximum atomic E-state index is 15.4. The van der Waals surface area contributed by atoms with Crippen molar-refractivity contribution < 1.29 is 162 Å². The summed E-state index contributed by atoms with van der Waals surface area (Å²) in [6.45, 7) is -2.33. The average molecular weight is 1900 g/mol. The molecule has 0 bridgehead atoms. The Kier molecular flexibility index (Phi) is 33.1. The van der Waals surface area contributed by atoms with E-state index in [1.54, 1.807) is 78.9 Å². The normalized spacial score (nSPS) is 24.1. The van der Waals surface area contributed by atoms with Crippen molar-refractivity contribution in [1.29, 1.82) is 0 Å². The molecule has 4 aliphatic rings. The molecule has 0 amide bonds. The molecule has 4 fully saturated rings. The molecule has 34 heteroatoms. The second-order valence-corrected chi connectivity index (χ2v) is 31.7. The average Bonchev–Trinajstić information content (AvgIpc) is 0.753. The molecular formula is C105H90O34. The minimum Gasteiger partial charge on any atom is -0.459 e. The molecule has 11 aromatic carbocycles. The van der Waals surface area contributed by atoms with Crippen LogP contribution < -0.4 is 0 Å². The van der Waals surface area contributed by atoms with Crippen LogP contribution in [0.25, 0.3) is 0 Å². The zero-order valence-electron chi connectivity index (χ0n) is 74.0. The molecule has 714 valence electrons. The molecule has 20 atom stereocenters. The molecule has 0 spiro atoms. The van der Waals surface area contributed by atoms with E-state index in [4.69, 9.17) is 94.7 Å². The van der Waals surface area contributed by atoms with Gasteiger partial charge in [-0.25, -0.2) is 52.7 Å². The summed E-state index contributed by atoms with van der Waals surface area (Å²) in [5.74, 6) is -14.8. The third-order valence-corrected chi connectivity index (χ3v) is 22.2. The Balaban J connectivity index is 0.928. The molecule has 139 heavy (non-hydrogen) atoms. The fraction of sp³-hybridized carbons (Fsp3) is 0.248. The predicted molar refractivity (Wildman–Crippen MR) is 479 cm³/mol. The molecular weight excluding hydrogens is 1810 g/mol. The molecule has 0 aromatic heterocycles. The lowest BCUT2D eigenvalue weighted by molar-refractivity contribution is -0.382. The van der Waals surface area contributed by atoms with Crippen molar-refractivity contribution in [3.05, 3.63) is 395 Å². The summed E-state index contributed by atoms with van der Waals surface area (Å²) in [5, 5.41) is 12.5. The van der Waals surface area contributed by atoms with Gasteiger partial charge in [-0.1, -0.05) is 200 Å². The molecule has 15 rings (SSSR count). The van der Waals surface area contributed by atoms with E-state index in [2.05, 4.69) is 0 Å². The van der Waals surface area contributed by atoms with E-state index >= 15 is 24.0 Å². The highest BCUT2D eigenvalue weighted by molar-refractivity contribution is 5.95. The van der Waals surface area contributed by atoms with Gasteiger partial charge in [0.2, 0.25) is 0 Å². The highest BCUT2D eigenvalue weighted by Crippen LogP contribution is 2.41. The van der Waals surface area contributed by atoms with Crippen molar-refractivity contribution in [3.63, 3.8) is 0 Å². The fourth-order valence-corrected chi connectivity index (χ4v) is 15.5. The molecule has 0 aliphatic carbocycles. The van der Waals surface area contributed by atoms with Crippen molar-refractivity contribution >= 4 is 77.6 Å². The van der Waals surface area contributed by atoms with Crippen LogP contribution in [0.15, 0.2) is 334 Å². The minimum absolute atomic E-state index is 0.00783. The van der Waals surface area contributed by atoms with E-state index < -0.39 is 227 Å². The van der Waals surface area contributed by atoms with E-state index in [-0.39, 0.29) is 61.2 Å². The molecule has 0 radical (unpaired) electrons. The summed E-state index contributed by atoms with van der Waals surface area (Å²) >= 11 is 0. The Morgan fingerprint density at radius 2 is 0.388 bits per heavy atom. The van der Waals surface area contributed by atoms with Gasteiger partial charge in [-0.3, -0.25) is 9.59 Å². The van der Waals surface area contributed by atoms with Gasteiger partial charge >= 0.3 is 77.6 Å². The van der Waals surface area contributed by atoms with E-state index in [1.165, 1.54) is 255 Å². The van der Waals surface area contributed by atoms with Crippen LogP contribution in [0, 0.1) is 0 Å². The number of carbonyl (C=O) groups excluding carboxylic acids is 13. The molecule has 0 unspecified atom stereocenters. The number of aliphatic hydroxyl groups excluding tert-OH is 1. The maximum Gasteiger partial charge on any atom is 0.338 e. The van der Waals surface area contributed by atoms with Gasteiger partial charge in [0, 0.05) is 13.8 Å². The highest BCUT2D eigenvalue weighted by atomic mass is 16.8. The zero-order chi connectivity index (χ0) is 97.3. The van der Waals surface area contributed by atoms with Crippen LogP contribution in [-0.4, -0.2) is 232 Å². The first-order valence-corrected chi connectivity index (χ1v) is 43.9. The van der Waals surface area contributed by atoms with Crippen molar-refractivity contribution in [1.82, 2.24) is 0 Å². The summed E-state index contributed by atoms with van der Waals surface area (Å²) in [6, 6.07) is 80.9. The van der Waals surface area contributed by atoms with E-state index in [0.29, 0.717) is 0 Å². The number of hydrogen-bond acceptors (Lipinski definition) is 34. The van der Waals surface area contributed by atoms with Crippen LogP contribution in [-0.2, 0) is 104 Å². The first kappa shape index (κ1) is 97.7. The SMILES string of the molecule is CC(=O)O[C@H]1[C@H](O[C@H]2[C@H](OC(=O)c3ccccc3)[C@@H](OC(=O)c3ccccc3)[C@@H](O)O[C@@H]2COC(=O)c2ccccc2)O[C@H](CO[C@H]2O[C@H](COC(=O)c3ccccc3)[C@@H](OC(=O)c3ccccc3)[C@H](OC(=O)c3ccccc3)[C@@H]2OC(=O)c2ccccc2)[C@@H](OC(C)=O)[C@@H]1O[C@H]1O[C@H](COC(=O)c2ccccc2)[C@@H](OC(=O)c2ccccc2)[C@H](OC(=O)c2ccccc2)[C@@H]1OC(=O)c1ccccc1. The molecule has 0 saturated carbocycles. The van der Waals surface area contributed by atoms with Crippen molar-refractivity contribution in [3.8, 4) is 0 Å². The predicted octanol–water partition coefficient (Wildman–Crippen LogP) is 11.9. The Bertz CT molecular complexity index is 6020. The first-order chi connectivity index (χ1) is 67.5. The van der Waals surface area contributed by atoms with Gasteiger partial charge in [-0.2, -0.15) is 0 Å². The summed E-state index contributed by atoms with van der Waals surface area (Å²) in [4.78, 5) is 193. The number of carbonyl (C=O) groups is 13. The Morgan fingerprint density at radius 1 is 0.201 bits per heavy atom. The number of ether oxygens (including phenoxy) is 20. The highest BCUT2D eigenvalue weighted by Gasteiger charge is 2.62. The molecule has 4 heterocycles. The van der Waals surface area contributed by atoms with Crippen LogP contribution >= 0.6 is 0 Å². The summed E-state index contributed by atoms with van der Waals surface area (Å²) < 4.78 is 130. The van der Waals surface area contributed by atoms with Crippen LogP contribution in [0.2, 0.25) is 0 Å². The van der Waals surface area contributed by atoms with Gasteiger partial charge in [0.25, 0.3) is 0 Å². The van der Waals surface area contributed by atoms with Gasteiger partial charge in [-0.15, -0.1) is 0 Å². The van der Waals surface area contributed by atoms with Crippen molar-refractivity contribution in [2.75, 3.05) is 26.4 Å². The van der Waals surface area contributed by atoms with Crippen LogP contribution in [0.5, 0.6) is 0 Å². The van der Waals surface area contributed by atoms with Gasteiger partial charge in [-0.05, 0) is 133 Å². The second kappa shape index (κ2) is 47.1. The lowest BCUT2D eigenvalue weighted by atomic mass is 9.94. The molecule has 4 aliphatic heterocycles. The zero-order valence-corrected chi connectivity index (χ0v) is 74.0. The standard InChI is InChI=1S/C105H90O34/c1-62(106)124-79-78(61-123-103-88(136-100(117)73-54-32-12-33-55-73)84(133-97(114)70-48-26-9-27-49-70)80(130-94(111)67-42-20-6-21-43-67)76(127-103)59-121-92(109)65-38-16-4-17-39-65)129-104(138-82-75(58-120-91(108)64-36-14-3-15-37-64)126-102(119)87(135-99(116)72-52-30-11-31-53-72)83(82)132-96(113)69-46-24-8-25-47-69)89(125-63(2)107)86(79)139-105-90(137-101(118)74-56-34-13-35-57-74)85(134-98(115)71-50-28-10-29-51-71)81(131-95(112)68-44-22-7-23-45-68)77(128-105)60-122-93(110)66-40-18-5-19-41-66/h3-57,75-90,102-105,119H,58-61H2,1-2H3/t75-,76-,77-,78-,79-,80-,81-,82-,83+,84+,85+,86+,87-,88+,89-,90+,102+,103+,104+,105-/m1/s1. The quantitative estimate of drug-likeness (QED) is 0.0289. The summed E-state index contributed by atoms with van der Waals surface area (Å²) in [7, 11) is 0. The van der Waals surface area contributed by atoms with Crippen LogP contribution in [0.4, 0.5) is 0 Å². The van der Waals surface area contributed by atoms with Gasteiger partial charge in [0.05, 0.1) is 67.8 Å². The fourth-order valence-electron chi connectivity index (χ4n) is 15.5. The van der Waals surface area contributed by atoms with Gasteiger partial charge < -0.3 is 99.8 Å². The van der Waals surface area contributed by atoms with Crippen molar-refractivity contribution in [2.24, 2.45) is 0 Å². The second-order valence-electron chi connectivity index (χ2n) is 31.7. The number of esters is 13. The number of hydrogen-bond donors (Lipinski definition) is 1. The third-order valence-electron chi connectivity index (χ3n) is 22.2. The number of rotatable bonds is 34. The van der Waals surface area contributed by atoms with Gasteiger partial charge in [0.15, 0.2) is 86.2 Å². The smallest absolute Gasteiger partial charge is 0.338 e. The van der Waals surface area contributed by atoms with Gasteiger partial charge in [0.1, 0.15) is 56.4 Å². The lowest BCUT2D eigenvalue weighted by Gasteiger charge is -2.50. The molecule has 11 aromatic rings. The third kappa shape index (κ3) is 25.3. The van der Waals surface area contributed by atoms with Crippen molar-refractivity contribution in [2.45, 2.75) is 137 Å². The van der Waals surface area contributed by atoms with Crippen LogP contribution in [0.1, 0.15) is 128 Å². The first-order valence-electron chi connectivity index (χ1n) is 43.9. The maximum absolute atomic E-state index is 15.4. The molecule has 1 N–H and O–H groups in total. The summed E-state index contributed by atoms with van der Waals surface area (Å²) in [5.41, 5.74) is -1.12. The minimum atomic E-state index is -2.54. The Labute approximate surface area is 793 Å². The molecule has 4 saturated heterocycles. The Hall–Kier alpha value is -15.8. The topological polar surface area (TPSA) is 427 Å². The van der Waals surface area contributed by atoms with E-state index in [0.717, 1.165) is 13.8 Å². The monoisotopic (exact) mass is 1890 g/mol. The van der Waals surface area contributed by atoms with E-state index in [9.17, 15) is 43.5 Å². The van der Waals surface area contributed by atoms with E-state index in [1.807, 2.05) is 0 Å². The summed E-state index contributed by atoms with van der Waals surface area (Å²) in [6.07, 6.45) is -44.7. The number of benzene rings is 11.